The Labute approximate surface area is 81.9 Å². The predicted molar refractivity (Wildman–Crippen MR) is 55.9 cm³/mol. The van der Waals surface area contributed by atoms with Gasteiger partial charge < -0.3 is 0 Å². The Morgan fingerprint density at radius 2 is 1.85 bits per heavy atom. The summed E-state index contributed by atoms with van der Waals surface area (Å²) in [6.07, 6.45) is 4.58. The second-order valence-electron chi connectivity index (χ2n) is 2.63. The molecule has 0 aliphatic rings. The monoisotopic (exact) mass is 195 g/mol. The third-order valence-corrected chi connectivity index (χ3v) is 2.02. The van der Waals surface area contributed by atoms with Crippen molar-refractivity contribution in [3.05, 3.63) is 17.4 Å². The molecule has 0 aliphatic carbocycles. The molecule has 0 unspecified atom stereocenters. The molecule has 0 saturated heterocycles. The summed E-state index contributed by atoms with van der Waals surface area (Å²) in [6, 6.07) is 0. The van der Waals surface area contributed by atoms with E-state index in [1.165, 1.54) is 6.42 Å². The normalized spacial score (nSPS) is 9.46. The lowest BCUT2D eigenvalue weighted by Crippen LogP contribution is -1.76. The van der Waals surface area contributed by atoms with Crippen molar-refractivity contribution in [1.29, 1.82) is 0 Å². The lowest BCUT2D eigenvalue weighted by atomic mass is 10.6. The molecular weight excluding hydrogens is 182 g/mol. The van der Waals surface area contributed by atoms with E-state index in [1.807, 2.05) is 6.92 Å². The van der Waals surface area contributed by atoms with E-state index in [-0.39, 0.29) is 0 Å². The highest BCUT2D eigenvalue weighted by Gasteiger charge is 1.98. The van der Waals surface area contributed by atoms with Crippen molar-refractivity contribution in [2.75, 3.05) is 0 Å². The van der Waals surface area contributed by atoms with Crippen molar-refractivity contribution < 1.29 is 0 Å². The van der Waals surface area contributed by atoms with Gasteiger partial charge in [0.15, 0.2) is 10.5 Å². The average molecular weight is 195 g/mol. The Kier molecular flexibility index (Phi) is 3.76. The highest BCUT2D eigenvalue weighted by Crippen LogP contribution is 2.15. The number of fused-ring (bicyclic) bond motifs is 1. The Bertz CT molecular complexity index is 337. The van der Waals surface area contributed by atoms with Crippen molar-refractivity contribution in [2.24, 2.45) is 0 Å². The van der Waals surface area contributed by atoms with Crippen LogP contribution in [-0.4, -0.2) is 15.0 Å². The minimum Gasteiger partial charge on any atom is -0.240 e. The van der Waals surface area contributed by atoms with Gasteiger partial charge in [0.25, 0.3) is 0 Å². The smallest absolute Gasteiger partial charge is 0.189 e. The maximum absolute atomic E-state index is 4.16. The van der Waals surface area contributed by atoms with Crippen LogP contribution in [-0.2, 0) is 0 Å². The first-order valence-corrected chi connectivity index (χ1v) is 5.13. The molecule has 0 radical (unpaired) electrons. The number of thiazole rings is 1. The SMILES string of the molecule is CCC.Cc1nc2nccnc2s1. The Hall–Kier alpha value is -1.03. The van der Waals surface area contributed by atoms with Gasteiger partial charge in [0.2, 0.25) is 0 Å². The summed E-state index contributed by atoms with van der Waals surface area (Å²) in [7, 11) is 0. The maximum atomic E-state index is 4.16. The van der Waals surface area contributed by atoms with Gasteiger partial charge in [-0.1, -0.05) is 31.6 Å². The van der Waals surface area contributed by atoms with E-state index in [1.54, 1.807) is 23.7 Å². The van der Waals surface area contributed by atoms with Crippen molar-refractivity contribution in [3.8, 4) is 0 Å². The molecule has 0 bridgehead atoms. The van der Waals surface area contributed by atoms with Crippen LogP contribution in [0.25, 0.3) is 10.5 Å². The van der Waals surface area contributed by atoms with Crippen LogP contribution < -0.4 is 0 Å². The fourth-order valence-electron chi connectivity index (χ4n) is 0.778. The minimum absolute atomic E-state index is 0.755. The van der Waals surface area contributed by atoms with Crippen LogP contribution in [0, 0.1) is 6.92 Å². The minimum atomic E-state index is 0.755. The van der Waals surface area contributed by atoms with Gasteiger partial charge in [-0.3, -0.25) is 0 Å². The molecule has 0 saturated carbocycles. The van der Waals surface area contributed by atoms with E-state index in [4.69, 9.17) is 0 Å². The van der Waals surface area contributed by atoms with Crippen LogP contribution >= 0.6 is 11.3 Å². The van der Waals surface area contributed by atoms with Gasteiger partial charge in [-0.05, 0) is 6.92 Å². The molecule has 0 aliphatic heterocycles. The first-order valence-electron chi connectivity index (χ1n) is 4.32. The molecule has 2 rings (SSSR count). The van der Waals surface area contributed by atoms with Gasteiger partial charge in [-0.15, -0.1) is 0 Å². The zero-order valence-corrected chi connectivity index (χ0v) is 8.93. The molecule has 0 fully saturated rings. The number of nitrogens with zero attached hydrogens (tertiary/aromatic N) is 3. The second-order valence-corrected chi connectivity index (χ2v) is 3.81. The third kappa shape index (κ3) is 2.73. The molecule has 2 heterocycles. The van der Waals surface area contributed by atoms with Crippen molar-refractivity contribution in [2.45, 2.75) is 27.2 Å². The van der Waals surface area contributed by atoms with Crippen molar-refractivity contribution >= 4 is 21.8 Å². The van der Waals surface area contributed by atoms with Crippen molar-refractivity contribution in [1.82, 2.24) is 15.0 Å². The quantitative estimate of drug-likeness (QED) is 0.648. The summed E-state index contributed by atoms with van der Waals surface area (Å²) < 4.78 is 0. The molecule has 0 N–H and O–H groups in total. The summed E-state index contributed by atoms with van der Waals surface area (Å²) in [6.45, 7) is 6.20. The predicted octanol–water partition coefficient (Wildman–Crippen LogP) is 2.81. The van der Waals surface area contributed by atoms with Crippen LogP contribution in [0.2, 0.25) is 0 Å². The highest BCUT2D eigenvalue weighted by atomic mass is 32.1. The van der Waals surface area contributed by atoms with E-state index in [9.17, 15) is 0 Å². The van der Waals surface area contributed by atoms with Gasteiger partial charge in [0, 0.05) is 12.4 Å². The molecule has 3 nitrogen and oxygen atoms in total. The first kappa shape index (κ1) is 10.1. The zero-order chi connectivity index (χ0) is 9.68. The summed E-state index contributed by atoms with van der Waals surface area (Å²) in [5.41, 5.74) is 0.755. The van der Waals surface area contributed by atoms with Crippen LogP contribution in [0.3, 0.4) is 0 Å². The highest BCUT2D eigenvalue weighted by molar-refractivity contribution is 7.18. The van der Waals surface area contributed by atoms with Crippen LogP contribution in [0.4, 0.5) is 0 Å². The number of hydrogen-bond donors (Lipinski definition) is 0. The van der Waals surface area contributed by atoms with Gasteiger partial charge in [0.05, 0.1) is 5.01 Å². The molecule has 0 amide bonds. The van der Waals surface area contributed by atoms with E-state index in [2.05, 4.69) is 28.8 Å². The van der Waals surface area contributed by atoms with Gasteiger partial charge >= 0.3 is 0 Å². The summed E-state index contributed by atoms with van der Waals surface area (Å²) in [5, 5.41) is 1.02. The van der Waals surface area contributed by atoms with Gasteiger partial charge in [-0.25, -0.2) is 15.0 Å². The standard InChI is InChI=1S/C6H5N3S.C3H8/c1-4-9-5-6(10-4)8-3-2-7-5;1-3-2/h2-3H,1H3;3H2,1-2H3. The maximum Gasteiger partial charge on any atom is 0.189 e. The molecular formula is C9H13N3S. The topological polar surface area (TPSA) is 38.7 Å². The number of rotatable bonds is 0. The fourth-order valence-corrected chi connectivity index (χ4v) is 1.49. The van der Waals surface area contributed by atoms with E-state index >= 15 is 0 Å². The summed E-state index contributed by atoms with van der Waals surface area (Å²) in [4.78, 5) is 13.2. The molecule has 70 valence electrons. The summed E-state index contributed by atoms with van der Waals surface area (Å²) in [5.74, 6) is 0. The molecule has 4 heteroatoms. The lowest BCUT2D eigenvalue weighted by molar-refractivity contribution is 1.09. The van der Waals surface area contributed by atoms with Crippen LogP contribution in [0.15, 0.2) is 12.4 Å². The Balaban J connectivity index is 0.000000251. The Morgan fingerprint density at radius 3 is 2.46 bits per heavy atom. The molecule has 2 aromatic heterocycles. The first-order chi connectivity index (χ1) is 6.27. The number of aryl methyl sites for hydroxylation is 1. The fraction of sp³-hybridized carbons (Fsp3) is 0.444. The number of aromatic nitrogens is 3. The van der Waals surface area contributed by atoms with E-state index < -0.39 is 0 Å². The van der Waals surface area contributed by atoms with Crippen molar-refractivity contribution in [3.63, 3.8) is 0 Å². The van der Waals surface area contributed by atoms with E-state index in [0.717, 1.165) is 15.5 Å². The number of hydrogen-bond acceptors (Lipinski definition) is 4. The Morgan fingerprint density at radius 1 is 1.23 bits per heavy atom. The van der Waals surface area contributed by atoms with Crippen LogP contribution in [0.1, 0.15) is 25.3 Å². The molecule has 0 spiro atoms. The molecule has 13 heavy (non-hydrogen) atoms. The van der Waals surface area contributed by atoms with Crippen LogP contribution in [0.5, 0.6) is 0 Å². The van der Waals surface area contributed by atoms with E-state index in [0.29, 0.717) is 0 Å². The average Bonchev–Trinajstić information content (AvgIpc) is 2.45. The molecule has 0 aromatic carbocycles. The molecule has 0 atom stereocenters. The zero-order valence-electron chi connectivity index (χ0n) is 8.11. The van der Waals surface area contributed by atoms with Gasteiger partial charge in [0.1, 0.15) is 0 Å². The largest absolute Gasteiger partial charge is 0.240 e. The lowest BCUT2D eigenvalue weighted by Gasteiger charge is -1.79. The second kappa shape index (κ2) is 4.87. The summed E-state index contributed by atoms with van der Waals surface area (Å²) >= 11 is 1.57. The molecule has 2 aromatic rings. The third-order valence-electron chi connectivity index (χ3n) is 1.15. The van der Waals surface area contributed by atoms with Gasteiger partial charge in [-0.2, -0.15) is 0 Å².